The summed E-state index contributed by atoms with van der Waals surface area (Å²) in [6.07, 6.45) is 5.52. The van der Waals surface area contributed by atoms with E-state index in [2.05, 4.69) is 10.1 Å². The zero-order valence-electron chi connectivity index (χ0n) is 14.0. The Bertz CT molecular complexity index is 1190. The number of rotatable bonds is 4. The molecule has 128 valence electrons. The van der Waals surface area contributed by atoms with Crippen LogP contribution in [-0.2, 0) is 0 Å². The number of hydrogen-bond donors (Lipinski definition) is 0. The Labute approximate surface area is 153 Å². The molecule has 0 saturated heterocycles. The molecule has 2 heterocycles. The molecule has 0 aliphatic carbocycles. The summed E-state index contributed by atoms with van der Waals surface area (Å²) < 4.78 is 7.26. The van der Waals surface area contributed by atoms with E-state index in [-0.39, 0.29) is 5.56 Å². The molecule has 0 saturated carbocycles. The van der Waals surface area contributed by atoms with Gasteiger partial charge in [0, 0.05) is 11.1 Å². The Balaban J connectivity index is 1.68. The van der Waals surface area contributed by atoms with Crippen LogP contribution in [0, 0.1) is 0 Å². The number of ether oxygens (including phenoxy) is 1. The van der Waals surface area contributed by atoms with Crippen molar-refractivity contribution in [3.05, 3.63) is 81.1 Å². The van der Waals surface area contributed by atoms with Crippen LogP contribution in [0.15, 0.2) is 65.5 Å². The number of benzene rings is 2. The molecule has 0 spiro atoms. The summed E-state index contributed by atoms with van der Waals surface area (Å²) >= 11 is 1.32. The average molecular weight is 361 g/mol. The minimum Gasteiger partial charge on any atom is -0.496 e. The number of methoxy groups -OCH3 is 1. The highest BCUT2D eigenvalue weighted by atomic mass is 32.1. The van der Waals surface area contributed by atoms with Crippen LogP contribution < -0.4 is 14.8 Å². The Kier molecular flexibility index (Phi) is 4.33. The van der Waals surface area contributed by atoms with Crippen molar-refractivity contribution >= 4 is 28.4 Å². The number of hydrogen-bond acceptors (Lipinski definition) is 5. The predicted octanol–water partition coefficient (Wildman–Crippen LogP) is 3.04. The lowest BCUT2D eigenvalue weighted by molar-refractivity contribution is 0.414. The molecule has 4 aromatic rings. The second kappa shape index (κ2) is 6.93. The van der Waals surface area contributed by atoms with Crippen LogP contribution in [0.2, 0.25) is 0 Å². The van der Waals surface area contributed by atoms with E-state index in [1.807, 2.05) is 66.7 Å². The quantitative estimate of drug-likeness (QED) is 0.561. The first-order valence-electron chi connectivity index (χ1n) is 8.02. The molecule has 0 fully saturated rings. The lowest BCUT2D eigenvalue weighted by Crippen LogP contribution is -2.23. The van der Waals surface area contributed by atoms with E-state index in [9.17, 15) is 4.79 Å². The minimum atomic E-state index is -0.163. The van der Waals surface area contributed by atoms with Gasteiger partial charge in [0.05, 0.1) is 11.6 Å². The van der Waals surface area contributed by atoms with Crippen molar-refractivity contribution in [1.29, 1.82) is 0 Å². The van der Waals surface area contributed by atoms with Crippen LogP contribution in [0.5, 0.6) is 5.75 Å². The molecule has 4 rings (SSSR count). The minimum absolute atomic E-state index is 0.163. The van der Waals surface area contributed by atoms with Gasteiger partial charge in [-0.25, -0.2) is 0 Å². The molecule has 0 atom stereocenters. The monoisotopic (exact) mass is 361 g/mol. The average Bonchev–Trinajstić information content (AvgIpc) is 3.23. The lowest BCUT2D eigenvalue weighted by atomic mass is 10.2. The summed E-state index contributed by atoms with van der Waals surface area (Å²) in [6.45, 7) is 0. The van der Waals surface area contributed by atoms with Gasteiger partial charge in [-0.05, 0) is 12.1 Å². The van der Waals surface area contributed by atoms with Crippen LogP contribution in [0.3, 0.4) is 0 Å². The first kappa shape index (κ1) is 16.2. The molecule has 0 aliphatic rings. The van der Waals surface area contributed by atoms with Crippen molar-refractivity contribution in [1.82, 2.24) is 14.6 Å². The molecule has 2 aromatic carbocycles. The predicted molar refractivity (Wildman–Crippen MR) is 104 cm³/mol. The first-order chi connectivity index (χ1) is 12.8. The van der Waals surface area contributed by atoms with E-state index in [1.165, 1.54) is 15.9 Å². The van der Waals surface area contributed by atoms with Gasteiger partial charge >= 0.3 is 0 Å². The van der Waals surface area contributed by atoms with E-state index in [4.69, 9.17) is 4.74 Å². The molecular formula is C20H15N3O2S. The fraction of sp³-hybridized carbons (Fsp3) is 0.0500. The summed E-state index contributed by atoms with van der Waals surface area (Å²) in [6, 6.07) is 17.3. The van der Waals surface area contributed by atoms with Crippen LogP contribution in [0.1, 0.15) is 5.56 Å². The van der Waals surface area contributed by atoms with Crippen molar-refractivity contribution in [2.24, 2.45) is 0 Å². The second-order valence-electron chi connectivity index (χ2n) is 5.54. The third-order valence-corrected chi connectivity index (χ3v) is 4.85. The molecule has 5 nitrogen and oxygen atoms in total. The lowest BCUT2D eigenvalue weighted by Gasteiger charge is -2.02. The smallest absolute Gasteiger partial charge is 0.291 e. The van der Waals surface area contributed by atoms with E-state index < -0.39 is 0 Å². The van der Waals surface area contributed by atoms with Gasteiger partial charge in [0.2, 0.25) is 4.96 Å². The van der Waals surface area contributed by atoms with Gasteiger partial charge in [0.15, 0.2) is 5.82 Å². The summed E-state index contributed by atoms with van der Waals surface area (Å²) in [5.74, 6) is 1.35. The number of thiazole rings is 1. The maximum atomic E-state index is 12.5. The van der Waals surface area contributed by atoms with E-state index >= 15 is 0 Å². The summed E-state index contributed by atoms with van der Waals surface area (Å²) in [5, 5.41) is 4.34. The maximum absolute atomic E-state index is 12.5. The SMILES string of the molecule is COc1ccccc1/C=C/C=c1/sc2nc(-c3ccccc3)nn2c1=O. The first-order valence-corrected chi connectivity index (χ1v) is 8.84. The summed E-state index contributed by atoms with van der Waals surface area (Å²) in [4.78, 5) is 17.6. The molecule has 0 amide bonds. The summed E-state index contributed by atoms with van der Waals surface area (Å²) in [7, 11) is 1.64. The number of allylic oxidation sites excluding steroid dienone is 1. The van der Waals surface area contributed by atoms with Crippen molar-refractivity contribution in [3.63, 3.8) is 0 Å². The van der Waals surface area contributed by atoms with Gasteiger partial charge in [-0.2, -0.15) is 9.50 Å². The van der Waals surface area contributed by atoms with Gasteiger partial charge in [-0.3, -0.25) is 4.79 Å². The Morgan fingerprint density at radius 1 is 1.08 bits per heavy atom. The molecule has 26 heavy (non-hydrogen) atoms. The van der Waals surface area contributed by atoms with E-state index in [0.29, 0.717) is 15.3 Å². The normalized spacial score (nSPS) is 12.3. The second-order valence-corrected chi connectivity index (χ2v) is 6.54. The van der Waals surface area contributed by atoms with Crippen LogP contribution >= 0.6 is 11.3 Å². The maximum Gasteiger partial charge on any atom is 0.291 e. The largest absolute Gasteiger partial charge is 0.496 e. The molecule has 0 aliphatic heterocycles. The summed E-state index contributed by atoms with van der Waals surface area (Å²) in [5.41, 5.74) is 1.68. The standard InChI is InChI=1S/C20H15N3O2S/c1-25-16-12-6-5-8-14(16)11-7-13-17-19(24)23-20(26-17)21-18(22-23)15-9-3-2-4-10-15/h2-13H,1H3/b11-7+,17-13+. The topological polar surface area (TPSA) is 56.5 Å². The molecule has 0 radical (unpaired) electrons. The van der Waals surface area contributed by atoms with Crippen LogP contribution in [0.4, 0.5) is 0 Å². The van der Waals surface area contributed by atoms with Crippen molar-refractivity contribution in [3.8, 4) is 17.1 Å². The number of fused-ring (bicyclic) bond motifs is 1. The fourth-order valence-electron chi connectivity index (χ4n) is 2.60. The highest BCUT2D eigenvalue weighted by Gasteiger charge is 2.11. The highest BCUT2D eigenvalue weighted by Crippen LogP contribution is 2.18. The third-order valence-electron chi connectivity index (χ3n) is 3.88. The Morgan fingerprint density at radius 3 is 2.62 bits per heavy atom. The van der Waals surface area contributed by atoms with Crippen LogP contribution in [0.25, 0.3) is 28.5 Å². The van der Waals surface area contributed by atoms with Gasteiger partial charge in [-0.15, -0.1) is 5.10 Å². The Hall–Kier alpha value is -3.25. The number of aromatic nitrogens is 3. The molecular weight excluding hydrogens is 346 g/mol. The van der Waals surface area contributed by atoms with Crippen molar-refractivity contribution in [2.45, 2.75) is 0 Å². The third kappa shape index (κ3) is 3.02. The van der Waals surface area contributed by atoms with Gasteiger partial charge in [0.25, 0.3) is 5.56 Å². The molecule has 6 heteroatoms. The number of para-hydroxylation sites is 1. The van der Waals surface area contributed by atoms with Crippen molar-refractivity contribution in [2.75, 3.05) is 7.11 Å². The van der Waals surface area contributed by atoms with Gasteiger partial charge in [-0.1, -0.05) is 72.0 Å². The fourth-order valence-corrected chi connectivity index (χ4v) is 3.46. The Morgan fingerprint density at radius 2 is 1.85 bits per heavy atom. The van der Waals surface area contributed by atoms with E-state index in [0.717, 1.165) is 16.9 Å². The zero-order chi connectivity index (χ0) is 17.9. The van der Waals surface area contributed by atoms with Gasteiger partial charge in [0.1, 0.15) is 5.75 Å². The zero-order valence-corrected chi connectivity index (χ0v) is 14.8. The molecule has 0 bridgehead atoms. The highest BCUT2D eigenvalue weighted by molar-refractivity contribution is 7.15. The van der Waals surface area contributed by atoms with E-state index in [1.54, 1.807) is 13.2 Å². The van der Waals surface area contributed by atoms with Crippen molar-refractivity contribution < 1.29 is 4.74 Å². The van der Waals surface area contributed by atoms with Gasteiger partial charge < -0.3 is 4.74 Å². The molecule has 0 N–H and O–H groups in total. The van der Waals surface area contributed by atoms with Crippen LogP contribution in [-0.4, -0.2) is 21.7 Å². The number of nitrogens with zero attached hydrogens (tertiary/aromatic N) is 3. The molecule has 0 unspecified atom stereocenters. The molecule has 2 aromatic heterocycles.